The smallest absolute Gasteiger partial charge is 0.294 e. The van der Waals surface area contributed by atoms with Crippen molar-refractivity contribution in [3.05, 3.63) is 130 Å². The van der Waals surface area contributed by atoms with E-state index in [0.29, 0.717) is 56.7 Å². The molecule has 3 N–H and O–H groups in total. The molecule has 0 saturated heterocycles. The van der Waals surface area contributed by atoms with E-state index in [4.69, 9.17) is 12.7 Å². The van der Waals surface area contributed by atoms with E-state index in [1.54, 1.807) is 18.2 Å². The van der Waals surface area contributed by atoms with Gasteiger partial charge >= 0.3 is 0 Å². The normalized spacial score (nSPS) is 18.7. The molecule has 0 spiro atoms. The Morgan fingerprint density at radius 2 is 1.56 bits per heavy atom. The van der Waals surface area contributed by atoms with Crippen LogP contribution in [0.4, 0.5) is 20.2 Å². The molecule has 6 rings (SSSR count). The predicted molar refractivity (Wildman–Crippen MR) is 232 cm³/mol. The number of unbranched alkanes of at least 4 members (excludes halogenated alkanes) is 2. The molecule has 2 radical (unpaired) electrons. The third-order valence-electron chi connectivity index (χ3n) is 11.6. The fraction of sp³-hybridized carbons (Fsp3) is 0.378. The zero-order chi connectivity index (χ0) is 44.3. The second kappa shape index (κ2) is 18.2. The van der Waals surface area contributed by atoms with Crippen molar-refractivity contribution in [1.82, 2.24) is 5.23 Å². The van der Waals surface area contributed by atoms with E-state index in [1.807, 2.05) is 56.6 Å². The molecule has 11 nitrogen and oxygen atoms in total. The van der Waals surface area contributed by atoms with Gasteiger partial charge in [0.15, 0.2) is 5.71 Å². The molecule has 0 atom stereocenters. The molecule has 0 fully saturated rings. The minimum atomic E-state index is -4.45. The summed E-state index contributed by atoms with van der Waals surface area (Å²) in [6.07, 6.45) is 12.2. The minimum absolute atomic E-state index is 0.228. The molecule has 322 valence electrons. The number of hydrogen-bond donors (Lipinski definition) is 3. The van der Waals surface area contributed by atoms with Gasteiger partial charge < -0.3 is 14.9 Å². The summed E-state index contributed by atoms with van der Waals surface area (Å²) in [5, 5.41) is 2.16. The van der Waals surface area contributed by atoms with Crippen LogP contribution < -0.4 is 14.9 Å². The zero-order valence-corrected chi connectivity index (χ0v) is 36.4. The van der Waals surface area contributed by atoms with Crippen LogP contribution in [0.2, 0.25) is 0 Å². The summed E-state index contributed by atoms with van der Waals surface area (Å²) in [4.78, 5) is 13.7. The zero-order valence-electron chi connectivity index (χ0n) is 34.7. The summed E-state index contributed by atoms with van der Waals surface area (Å²) >= 11 is 0. The van der Waals surface area contributed by atoms with Crippen LogP contribution in [0.15, 0.2) is 112 Å². The molecule has 0 saturated carbocycles. The van der Waals surface area contributed by atoms with E-state index in [9.17, 15) is 39.5 Å². The second-order valence-electron chi connectivity index (χ2n) is 16.6. The van der Waals surface area contributed by atoms with Gasteiger partial charge in [0, 0.05) is 53.9 Å². The number of carbonyl (C=O) groups is 1. The molecule has 0 aromatic heterocycles. The highest BCUT2D eigenvalue weighted by molar-refractivity contribution is 7.86. The van der Waals surface area contributed by atoms with Crippen LogP contribution in [-0.2, 0) is 35.9 Å². The number of nitrogens with zero attached hydrogens (tertiary/aromatic N) is 2. The third kappa shape index (κ3) is 10.4. The van der Waals surface area contributed by atoms with E-state index in [2.05, 4.69) is 10.1 Å². The number of carbonyl (C=O) groups excluding carboxylic acids is 1. The lowest BCUT2D eigenvalue weighted by Gasteiger charge is -2.27. The first-order valence-electron chi connectivity index (χ1n) is 20.3. The summed E-state index contributed by atoms with van der Waals surface area (Å²) < 4.78 is 104. The molecule has 3 aliphatic rings. The fourth-order valence-electron chi connectivity index (χ4n) is 8.47. The fourth-order valence-corrected chi connectivity index (χ4v) is 9.52. The van der Waals surface area contributed by atoms with Crippen molar-refractivity contribution in [2.75, 3.05) is 23.7 Å². The lowest BCUT2D eigenvalue weighted by Crippen LogP contribution is -2.28. The highest BCUT2D eigenvalue weighted by Crippen LogP contribution is 2.48. The molecule has 2 heterocycles. The SMILES string of the molecule is [B]NC(=O)CCCCN1C(=CC=C2CCCC(C=CC3=[N+](CCCCS(=O)(=O)O)c4ccc(F)cc4C3(C)C)=C2Oc2ccc(S(=O)(=O)O)cc2)C(C)(C)c2cc(F)ccc21. The van der Waals surface area contributed by atoms with Crippen LogP contribution in [0.1, 0.15) is 90.2 Å². The molecule has 1 aliphatic carbocycles. The Morgan fingerprint density at radius 1 is 0.869 bits per heavy atom. The molecular formula is C45H51BF2N3O8S2+. The van der Waals surface area contributed by atoms with Crippen molar-refractivity contribution in [1.29, 1.82) is 0 Å². The van der Waals surface area contributed by atoms with Crippen molar-refractivity contribution in [3.63, 3.8) is 0 Å². The number of benzene rings is 3. The van der Waals surface area contributed by atoms with Gasteiger partial charge in [-0.15, -0.1) is 0 Å². The minimum Gasteiger partial charge on any atom is -0.457 e. The number of hydrogen-bond acceptors (Lipinski definition) is 7. The lowest BCUT2D eigenvalue weighted by molar-refractivity contribution is -0.438. The first kappa shape index (κ1) is 45.6. The first-order chi connectivity index (χ1) is 28.7. The average molecular weight is 875 g/mol. The number of allylic oxidation sites excluding steroid dienone is 7. The predicted octanol–water partition coefficient (Wildman–Crippen LogP) is 8.31. The molecule has 3 aromatic carbocycles. The van der Waals surface area contributed by atoms with E-state index in [-0.39, 0.29) is 41.0 Å². The summed E-state index contributed by atoms with van der Waals surface area (Å²) in [5.41, 5.74) is 5.46. The Labute approximate surface area is 358 Å². The van der Waals surface area contributed by atoms with Crippen molar-refractivity contribution in [3.8, 4) is 5.75 Å². The van der Waals surface area contributed by atoms with Crippen LogP contribution in [0.5, 0.6) is 5.75 Å². The maximum atomic E-state index is 14.7. The Morgan fingerprint density at radius 3 is 2.23 bits per heavy atom. The van der Waals surface area contributed by atoms with E-state index in [0.717, 1.165) is 51.5 Å². The maximum Gasteiger partial charge on any atom is 0.294 e. The van der Waals surface area contributed by atoms with Gasteiger partial charge in [-0.05, 0) is 136 Å². The van der Waals surface area contributed by atoms with Crippen molar-refractivity contribution < 1.29 is 48.8 Å². The second-order valence-corrected chi connectivity index (χ2v) is 19.6. The van der Waals surface area contributed by atoms with E-state index < -0.39 is 31.1 Å². The average Bonchev–Trinajstić information content (AvgIpc) is 3.53. The van der Waals surface area contributed by atoms with Gasteiger partial charge in [0.1, 0.15) is 29.7 Å². The van der Waals surface area contributed by atoms with Gasteiger partial charge in [-0.3, -0.25) is 13.9 Å². The van der Waals surface area contributed by atoms with Crippen LogP contribution >= 0.6 is 0 Å². The standard InChI is InChI=1S/C45H50BF2N3O8S2/c1-44(2)36-28-32(47)15-21-38(36)50(25-6-5-12-42(52)49-46)40(44)23-13-30-10-9-11-31(43(30)59-34-17-19-35(20-18-34)61(56,57)58)14-24-41-45(3,4)37-29-33(48)16-22-39(37)51(41)26-7-8-27-60(53,54)55/h13-24,28-29H,5-12,25-27H2,1-4H3,(H2-,49,52,53,54,55,56,57,58)/p+1. The van der Waals surface area contributed by atoms with Gasteiger partial charge in [0.25, 0.3) is 20.2 Å². The maximum absolute atomic E-state index is 14.7. The van der Waals surface area contributed by atoms with Gasteiger partial charge in [-0.1, -0.05) is 19.9 Å². The van der Waals surface area contributed by atoms with E-state index in [1.165, 1.54) is 42.5 Å². The van der Waals surface area contributed by atoms with Crippen LogP contribution in [-0.4, -0.2) is 69.0 Å². The quantitative estimate of drug-likeness (QED) is 0.0559. The molecule has 2 aliphatic heterocycles. The molecule has 3 aromatic rings. The highest BCUT2D eigenvalue weighted by Gasteiger charge is 2.45. The van der Waals surface area contributed by atoms with Gasteiger partial charge in [0.05, 0.1) is 16.1 Å². The Bertz CT molecular complexity index is 2580. The number of anilines is 1. The number of fused-ring (bicyclic) bond motifs is 2. The summed E-state index contributed by atoms with van der Waals surface area (Å²) in [7, 11) is -3.29. The monoisotopic (exact) mass is 874 g/mol. The number of ether oxygens (including phenoxy) is 1. The first-order valence-corrected chi connectivity index (χ1v) is 23.3. The molecule has 1 amide bonds. The molecule has 16 heteroatoms. The topological polar surface area (TPSA) is 153 Å². The third-order valence-corrected chi connectivity index (χ3v) is 13.3. The van der Waals surface area contributed by atoms with Gasteiger partial charge in [-0.2, -0.15) is 21.4 Å². The number of rotatable bonds is 16. The highest BCUT2D eigenvalue weighted by atomic mass is 32.2. The van der Waals surface area contributed by atoms with E-state index >= 15 is 0 Å². The number of halogens is 2. The van der Waals surface area contributed by atoms with Crippen molar-refractivity contribution in [2.45, 2.75) is 94.8 Å². The van der Waals surface area contributed by atoms with Gasteiger partial charge in [-0.25, -0.2) is 8.78 Å². The van der Waals surface area contributed by atoms with Gasteiger partial charge in [0.2, 0.25) is 19.6 Å². The van der Waals surface area contributed by atoms with Crippen molar-refractivity contribution >= 4 is 51.2 Å². The van der Waals surface area contributed by atoms with Crippen molar-refractivity contribution in [2.24, 2.45) is 0 Å². The summed E-state index contributed by atoms with van der Waals surface area (Å²) in [5.74, 6) is -0.483. The Balaban J connectivity index is 1.44. The largest absolute Gasteiger partial charge is 0.457 e. The molecule has 0 unspecified atom stereocenters. The molecule has 61 heavy (non-hydrogen) atoms. The molecule has 0 bridgehead atoms. The Hall–Kier alpha value is -4.90. The van der Waals surface area contributed by atoms with Crippen LogP contribution in [0.25, 0.3) is 0 Å². The number of amides is 1. The lowest BCUT2D eigenvalue weighted by atomic mass is 9.81. The summed E-state index contributed by atoms with van der Waals surface area (Å²) in [6, 6.07) is 14.8. The molecular weight excluding hydrogens is 823 g/mol. The number of nitrogens with one attached hydrogen (secondary N) is 1. The Kier molecular flexibility index (Phi) is 13.6. The van der Waals surface area contributed by atoms with Crippen LogP contribution in [0, 0.1) is 11.6 Å². The summed E-state index contributed by atoms with van der Waals surface area (Å²) in [6.45, 7) is 9.05. The van der Waals surface area contributed by atoms with Crippen LogP contribution in [0.3, 0.4) is 0 Å².